The number of halogens is 3. The monoisotopic (exact) mass is 328 g/mol. The van der Waals surface area contributed by atoms with Gasteiger partial charge in [-0.25, -0.2) is 0 Å². The van der Waals surface area contributed by atoms with Crippen molar-refractivity contribution in [2.24, 2.45) is 0 Å². The quantitative estimate of drug-likeness (QED) is 0.582. The van der Waals surface area contributed by atoms with Gasteiger partial charge in [-0.3, -0.25) is 0 Å². The lowest BCUT2D eigenvalue weighted by Gasteiger charge is -2.14. The molecule has 124 valence electrons. The van der Waals surface area contributed by atoms with Gasteiger partial charge in [0.15, 0.2) is 0 Å². The van der Waals surface area contributed by atoms with Gasteiger partial charge < -0.3 is 0 Å². The topological polar surface area (TPSA) is 0 Å². The lowest BCUT2D eigenvalue weighted by Crippen LogP contribution is -2.13. The third-order valence-corrected chi connectivity index (χ3v) is 3.59. The summed E-state index contributed by atoms with van der Waals surface area (Å²) in [6.45, 7) is 1.96. The average Bonchev–Trinajstić information content (AvgIpc) is 2.58. The molecule has 0 nitrogen and oxygen atoms in total. The van der Waals surface area contributed by atoms with Crippen LogP contribution in [-0.2, 0) is 0 Å². The average molecular weight is 328 g/mol. The third-order valence-electron chi connectivity index (χ3n) is 3.59. The highest BCUT2D eigenvalue weighted by Crippen LogP contribution is 2.34. The molecule has 0 saturated heterocycles. The Kier molecular flexibility index (Phi) is 6.26. The zero-order chi connectivity index (χ0) is 17.4. The van der Waals surface area contributed by atoms with Gasteiger partial charge in [-0.2, -0.15) is 13.2 Å². The van der Waals surface area contributed by atoms with Crippen molar-refractivity contribution in [2.75, 3.05) is 0 Å². The molecular formula is C21H19F3. The zero-order valence-corrected chi connectivity index (χ0v) is 13.5. The minimum Gasteiger partial charge on any atom is -0.165 e. The van der Waals surface area contributed by atoms with E-state index in [1.54, 1.807) is 54.6 Å². The van der Waals surface area contributed by atoms with Gasteiger partial charge in [-0.05, 0) is 36.1 Å². The van der Waals surface area contributed by atoms with E-state index in [1.165, 1.54) is 0 Å². The van der Waals surface area contributed by atoms with Crippen LogP contribution in [0.5, 0.6) is 0 Å². The van der Waals surface area contributed by atoms with Crippen molar-refractivity contribution in [3.05, 3.63) is 77.4 Å². The smallest absolute Gasteiger partial charge is 0.165 e. The van der Waals surface area contributed by atoms with E-state index in [-0.39, 0.29) is 5.57 Å². The zero-order valence-electron chi connectivity index (χ0n) is 13.5. The molecule has 0 aliphatic carbocycles. The van der Waals surface area contributed by atoms with E-state index in [9.17, 15) is 13.2 Å². The molecule has 0 atom stereocenters. The molecule has 0 unspecified atom stereocenters. The van der Waals surface area contributed by atoms with Crippen molar-refractivity contribution >= 4 is 5.57 Å². The summed E-state index contributed by atoms with van der Waals surface area (Å²) in [6.07, 6.45) is -2.59. The van der Waals surface area contributed by atoms with Crippen LogP contribution in [0.1, 0.15) is 37.3 Å². The normalized spacial score (nSPS) is 12.2. The van der Waals surface area contributed by atoms with Gasteiger partial charge >= 0.3 is 6.18 Å². The van der Waals surface area contributed by atoms with E-state index in [0.29, 0.717) is 24.0 Å². The summed E-state index contributed by atoms with van der Waals surface area (Å²) in [5.41, 5.74) is 0.683. The summed E-state index contributed by atoms with van der Waals surface area (Å²) in [6, 6.07) is 17.4. The van der Waals surface area contributed by atoms with Gasteiger partial charge in [0.25, 0.3) is 0 Å². The SMILES string of the molecule is CCCC/C(=C(\C#Cc1ccccc1)C(F)(F)F)c1ccccc1. The lowest BCUT2D eigenvalue weighted by atomic mass is 9.94. The van der Waals surface area contributed by atoms with Gasteiger partial charge in [0.1, 0.15) is 5.57 Å². The molecule has 2 aromatic rings. The van der Waals surface area contributed by atoms with Crippen LogP contribution in [0.15, 0.2) is 66.2 Å². The van der Waals surface area contributed by atoms with E-state index < -0.39 is 11.7 Å². The van der Waals surface area contributed by atoms with Crippen molar-refractivity contribution in [2.45, 2.75) is 32.4 Å². The Morgan fingerprint density at radius 1 is 0.917 bits per heavy atom. The maximum Gasteiger partial charge on any atom is 0.424 e. The molecule has 24 heavy (non-hydrogen) atoms. The van der Waals surface area contributed by atoms with Gasteiger partial charge in [-0.15, -0.1) is 0 Å². The number of unbranched alkanes of at least 4 members (excludes halogenated alkanes) is 1. The number of alkyl halides is 3. The second kappa shape index (κ2) is 8.40. The number of hydrogen-bond acceptors (Lipinski definition) is 0. The Morgan fingerprint density at radius 2 is 1.50 bits per heavy atom. The molecule has 0 amide bonds. The Hall–Kier alpha value is -2.47. The molecule has 0 aliphatic heterocycles. The highest BCUT2D eigenvalue weighted by atomic mass is 19.4. The summed E-state index contributed by atoms with van der Waals surface area (Å²) in [5.74, 6) is 5.04. The summed E-state index contributed by atoms with van der Waals surface area (Å²) in [4.78, 5) is 0. The maximum absolute atomic E-state index is 13.6. The summed E-state index contributed by atoms with van der Waals surface area (Å²) >= 11 is 0. The molecule has 0 bridgehead atoms. The van der Waals surface area contributed by atoms with Gasteiger partial charge in [0.05, 0.1) is 0 Å². The summed E-state index contributed by atoms with van der Waals surface area (Å²) in [5, 5.41) is 0. The van der Waals surface area contributed by atoms with Crippen LogP contribution in [0.2, 0.25) is 0 Å². The predicted octanol–water partition coefficient (Wildman–Crippen LogP) is 6.24. The van der Waals surface area contributed by atoms with Crippen molar-refractivity contribution in [1.29, 1.82) is 0 Å². The molecule has 0 saturated carbocycles. The Labute approximate surface area is 141 Å². The van der Waals surface area contributed by atoms with Crippen molar-refractivity contribution in [1.82, 2.24) is 0 Å². The maximum atomic E-state index is 13.6. The van der Waals surface area contributed by atoms with Crippen molar-refractivity contribution in [3.8, 4) is 11.8 Å². The van der Waals surface area contributed by atoms with E-state index in [2.05, 4.69) is 11.8 Å². The number of rotatable bonds is 4. The van der Waals surface area contributed by atoms with Crippen LogP contribution in [0.3, 0.4) is 0 Å². The lowest BCUT2D eigenvalue weighted by molar-refractivity contribution is -0.0867. The van der Waals surface area contributed by atoms with Gasteiger partial charge in [0, 0.05) is 5.56 Å². The van der Waals surface area contributed by atoms with E-state index in [0.717, 1.165) is 6.42 Å². The summed E-state index contributed by atoms with van der Waals surface area (Å²) in [7, 11) is 0. The van der Waals surface area contributed by atoms with E-state index >= 15 is 0 Å². The predicted molar refractivity (Wildman–Crippen MR) is 92.3 cm³/mol. The van der Waals surface area contributed by atoms with Crippen LogP contribution in [0.25, 0.3) is 5.57 Å². The molecule has 0 heterocycles. The van der Waals surface area contributed by atoms with Gasteiger partial charge in [-0.1, -0.05) is 73.7 Å². The minimum absolute atomic E-state index is 0.272. The number of allylic oxidation sites excluding steroid dienone is 2. The molecule has 2 rings (SSSR count). The molecule has 0 aliphatic rings. The summed E-state index contributed by atoms with van der Waals surface area (Å²) < 4.78 is 40.9. The van der Waals surface area contributed by atoms with E-state index in [4.69, 9.17) is 0 Å². The fourth-order valence-corrected chi connectivity index (χ4v) is 2.38. The Balaban J connectivity index is 2.55. The molecule has 2 aromatic carbocycles. The molecule has 0 spiro atoms. The van der Waals surface area contributed by atoms with Crippen LogP contribution in [0.4, 0.5) is 13.2 Å². The first-order valence-corrected chi connectivity index (χ1v) is 7.95. The fraction of sp³-hybridized carbons (Fsp3) is 0.238. The number of benzene rings is 2. The van der Waals surface area contributed by atoms with Crippen LogP contribution >= 0.6 is 0 Å². The number of hydrogen-bond donors (Lipinski definition) is 0. The fourth-order valence-electron chi connectivity index (χ4n) is 2.38. The third kappa shape index (κ3) is 5.03. The van der Waals surface area contributed by atoms with E-state index in [1.807, 2.05) is 13.0 Å². The van der Waals surface area contributed by atoms with Crippen molar-refractivity contribution < 1.29 is 13.2 Å². The molecule has 0 fully saturated rings. The van der Waals surface area contributed by atoms with Crippen LogP contribution in [-0.4, -0.2) is 6.18 Å². The molecule has 0 N–H and O–H groups in total. The minimum atomic E-state index is -4.47. The molecule has 0 radical (unpaired) electrons. The van der Waals surface area contributed by atoms with Crippen LogP contribution < -0.4 is 0 Å². The van der Waals surface area contributed by atoms with Crippen LogP contribution in [0, 0.1) is 11.8 Å². The van der Waals surface area contributed by atoms with Gasteiger partial charge in [0.2, 0.25) is 0 Å². The second-order valence-corrected chi connectivity index (χ2v) is 5.44. The first-order valence-electron chi connectivity index (χ1n) is 7.95. The largest absolute Gasteiger partial charge is 0.424 e. The Bertz CT molecular complexity index is 729. The first-order chi connectivity index (χ1) is 11.5. The first kappa shape index (κ1) is 17.9. The molecule has 0 aromatic heterocycles. The second-order valence-electron chi connectivity index (χ2n) is 5.44. The molecular weight excluding hydrogens is 309 g/mol. The highest BCUT2D eigenvalue weighted by molar-refractivity contribution is 5.74. The molecule has 3 heteroatoms. The highest BCUT2D eigenvalue weighted by Gasteiger charge is 2.35. The Morgan fingerprint density at radius 3 is 2.04 bits per heavy atom. The standard InChI is InChI=1S/C21H19F3/c1-2-3-14-19(18-12-8-5-9-13-18)20(21(22,23)24)16-15-17-10-6-4-7-11-17/h4-13H,2-3,14H2,1H3/b20-19-. The van der Waals surface area contributed by atoms with Crippen molar-refractivity contribution in [3.63, 3.8) is 0 Å².